The van der Waals surface area contributed by atoms with Crippen molar-refractivity contribution in [1.82, 2.24) is 0 Å². The largest absolute Gasteiger partial charge is 0.282 e. The van der Waals surface area contributed by atoms with Crippen molar-refractivity contribution >= 4 is 39.5 Å². The van der Waals surface area contributed by atoms with Gasteiger partial charge in [-0.3, -0.25) is 4.79 Å². The zero-order chi connectivity index (χ0) is 14.8. The summed E-state index contributed by atoms with van der Waals surface area (Å²) < 4.78 is 1.27. The molecule has 0 saturated carbocycles. The van der Waals surface area contributed by atoms with Crippen molar-refractivity contribution in [3.8, 4) is 0 Å². The molecule has 0 spiro atoms. The van der Waals surface area contributed by atoms with E-state index in [0.29, 0.717) is 0 Å². The molecular formula is C17H21IOS. The highest BCUT2D eigenvalue weighted by molar-refractivity contribution is 14.1. The molecule has 0 atom stereocenters. The van der Waals surface area contributed by atoms with Gasteiger partial charge in [0, 0.05) is 9.32 Å². The molecule has 1 rings (SSSR count). The summed E-state index contributed by atoms with van der Waals surface area (Å²) in [5.74, 6) is 0.843. The molecule has 1 nitrogen and oxygen atoms in total. The summed E-state index contributed by atoms with van der Waals surface area (Å²) in [6, 6.07) is 8.32. The van der Waals surface area contributed by atoms with E-state index >= 15 is 0 Å². The van der Waals surface area contributed by atoms with Crippen molar-refractivity contribution in [2.75, 3.05) is 5.75 Å². The molecule has 0 aliphatic rings. The van der Waals surface area contributed by atoms with Crippen molar-refractivity contribution in [1.29, 1.82) is 0 Å². The Kier molecular flexibility index (Phi) is 8.94. The zero-order valence-corrected chi connectivity index (χ0v) is 14.9. The Balaban J connectivity index is 2.31. The Labute approximate surface area is 140 Å². The van der Waals surface area contributed by atoms with Gasteiger partial charge in [-0.2, -0.15) is 0 Å². The molecule has 1 aromatic carbocycles. The van der Waals surface area contributed by atoms with Crippen LogP contribution in [0.3, 0.4) is 0 Å². The number of halogens is 1. The summed E-state index contributed by atoms with van der Waals surface area (Å²) in [6.45, 7) is 5.73. The highest BCUT2D eigenvalue weighted by Gasteiger charge is 2.03. The number of unbranched alkanes of at least 4 members (excludes halogenated alkanes) is 1. The van der Waals surface area contributed by atoms with Gasteiger partial charge < -0.3 is 0 Å². The standard InChI is InChI=1S/C17H21IOS/c1-3-4-5-8-14(2)13-17(19)20-12-11-15-9-6-7-10-16(15)18/h3,6-7,9-10,13H,1,4-5,8,11-12H2,2H3/b14-13+. The predicted molar refractivity (Wildman–Crippen MR) is 98.1 cm³/mol. The maximum absolute atomic E-state index is 11.8. The van der Waals surface area contributed by atoms with Gasteiger partial charge in [0.15, 0.2) is 0 Å². The smallest absolute Gasteiger partial charge is 0.212 e. The predicted octanol–water partition coefficient (Wildman–Crippen LogP) is 5.40. The lowest BCUT2D eigenvalue weighted by Crippen LogP contribution is -1.96. The normalized spacial score (nSPS) is 11.4. The fourth-order valence-electron chi connectivity index (χ4n) is 1.80. The maximum Gasteiger partial charge on any atom is 0.212 e. The minimum atomic E-state index is 0.173. The van der Waals surface area contributed by atoms with Crippen molar-refractivity contribution in [2.45, 2.75) is 32.6 Å². The van der Waals surface area contributed by atoms with Crippen LogP contribution in [-0.2, 0) is 11.2 Å². The summed E-state index contributed by atoms with van der Waals surface area (Å²) in [6.07, 6.45) is 7.72. The van der Waals surface area contributed by atoms with Crippen molar-refractivity contribution in [3.63, 3.8) is 0 Å². The second kappa shape index (κ2) is 10.2. The average molecular weight is 400 g/mol. The number of thioether (sulfide) groups is 1. The van der Waals surface area contributed by atoms with E-state index < -0.39 is 0 Å². The molecule has 3 heteroatoms. The van der Waals surface area contributed by atoms with Crippen LogP contribution in [-0.4, -0.2) is 10.9 Å². The molecule has 0 aliphatic heterocycles. The molecule has 0 aromatic heterocycles. The van der Waals surface area contributed by atoms with E-state index in [4.69, 9.17) is 0 Å². The lowest BCUT2D eigenvalue weighted by atomic mass is 10.1. The fourth-order valence-corrected chi connectivity index (χ4v) is 3.27. The van der Waals surface area contributed by atoms with Crippen LogP contribution in [0, 0.1) is 3.57 Å². The van der Waals surface area contributed by atoms with E-state index in [1.165, 1.54) is 26.5 Å². The third-order valence-electron chi connectivity index (χ3n) is 2.92. The molecule has 20 heavy (non-hydrogen) atoms. The van der Waals surface area contributed by atoms with Crippen LogP contribution in [0.5, 0.6) is 0 Å². The summed E-state index contributed by atoms with van der Waals surface area (Å²) in [5, 5.41) is 0.173. The maximum atomic E-state index is 11.8. The molecule has 0 heterocycles. The molecule has 0 radical (unpaired) electrons. The van der Waals surface area contributed by atoms with Crippen LogP contribution in [0.15, 0.2) is 48.6 Å². The highest BCUT2D eigenvalue weighted by atomic mass is 127. The first-order valence-corrected chi connectivity index (χ1v) is 8.88. The molecular weight excluding hydrogens is 379 g/mol. The number of rotatable bonds is 8. The Hall–Kier alpha value is -0.550. The Morgan fingerprint density at radius 2 is 2.15 bits per heavy atom. The van der Waals surface area contributed by atoms with Crippen LogP contribution in [0.1, 0.15) is 31.7 Å². The van der Waals surface area contributed by atoms with Gasteiger partial charge in [0.05, 0.1) is 0 Å². The topological polar surface area (TPSA) is 17.1 Å². The van der Waals surface area contributed by atoms with Crippen LogP contribution in [0.4, 0.5) is 0 Å². The first-order valence-electron chi connectivity index (χ1n) is 6.81. The monoisotopic (exact) mass is 400 g/mol. The van der Waals surface area contributed by atoms with E-state index in [9.17, 15) is 4.79 Å². The van der Waals surface area contributed by atoms with Gasteiger partial charge in [-0.15, -0.1) is 6.58 Å². The van der Waals surface area contributed by atoms with E-state index in [2.05, 4.69) is 41.3 Å². The number of benzene rings is 1. The summed E-state index contributed by atoms with van der Waals surface area (Å²) >= 11 is 3.75. The first kappa shape index (κ1) is 17.5. The number of hydrogen-bond acceptors (Lipinski definition) is 2. The van der Waals surface area contributed by atoms with Gasteiger partial charge in [-0.1, -0.05) is 41.6 Å². The Morgan fingerprint density at radius 1 is 1.40 bits per heavy atom. The third kappa shape index (κ3) is 7.29. The lowest BCUT2D eigenvalue weighted by molar-refractivity contribution is -0.107. The molecule has 1 aromatic rings. The summed E-state index contributed by atoms with van der Waals surface area (Å²) in [7, 11) is 0. The van der Waals surface area contributed by atoms with Crippen LogP contribution in [0.2, 0.25) is 0 Å². The number of carbonyl (C=O) groups is 1. The molecule has 0 aliphatic carbocycles. The summed E-state index contributed by atoms with van der Waals surface area (Å²) in [5.41, 5.74) is 2.48. The van der Waals surface area contributed by atoms with Gasteiger partial charge in [-0.05, 0) is 72.9 Å². The van der Waals surface area contributed by atoms with Crippen molar-refractivity contribution in [2.24, 2.45) is 0 Å². The van der Waals surface area contributed by atoms with Gasteiger partial charge in [0.2, 0.25) is 5.12 Å². The molecule has 0 N–H and O–H groups in total. The average Bonchev–Trinajstić information content (AvgIpc) is 2.41. The molecule has 0 saturated heterocycles. The number of carbonyl (C=O) groups excluding carboxylic acids is 1. The second-order valence-corrected chi connectivity index (χ2v) is 6.94. The quantitative estimate of drug-likeness (QED) is 0.252. The molecule has 0 fully saturated rings. The van der Waals surface area contributed by atoms with Crippen molar-refractivity contribution in [3.05, 3.63) is 57.7 Å². The van der Waals surface area contributed by atoms with Gasteiger partial charge in [0.25, 0.3) is 0 Å². The lowest BCUT2D eigenvalue weighted by Gasteiger charge is -2.03. The SMILES string of the molecule is C=CCCC/C(C)=C/C(=O)SCCc1ccccc1I. The van der Waals surface area contributed by atoms with E-state index in [-0.39, 0.29) is 5.12 Å². The number of hydrogen-bond donors (Lipinski definition) is 0. The zero-order valence-electron chi connectivity index (χ0n) is 11.9. The Bertz CT molecular complexity index is 480. The van der Waals surface area contributed by atoms with Crippen molar-refractivity contribution < 1.29 is 4.79 Å². The molecule has 0 bridgehead atoms. The highest BCUT2D eigenvalue weighted by Crippen LogP contribution is 2.16. The summed E-state index contributed by atoms with van der Waals surface area (Å²) in [4.78, 5) is 11.8. The first-order chi connectivity index (χ1) is 9.63. The molecule has 108 valence electrons. The van der Waals surface area contributed by atoms with Gasteiger partial charge in [-0.25, -0.2) is 0 Å². The van der Waals surface area contributed by atoms with Crippen LogP contribution in [0.25, 0.3) is 0 Å². The molecule has 0 unspecified atom stereocenters. The fraction of sp³-hybridized carbons (Fsp3) is 0.353. The van der Waals surface area contributed by atoms with E-state index in [0.717, 1.165) is 31.4 Å². The number of aryl methyl sites for hydroxylation is 1. The molecule has 0 amide bonds. The number of allylic oxidation sites excluding steroid dienone is 2. The van der Waals surface area contributed by atoms with E-state index in [1.807, 2.05) is 25.1 Å². The third-order valence-corrected chi connectivity index (χ3v) is 4.78. The van der Waals surface area contributed by atoms with E-state index in [1.54, 1.807) is 6.08 Å². The van der Waals surface area contributed by atoms with Crippen LogP contribution < -0.4 is 0 Å². The van der Waals surface area contributed by atoms with Gasteiger partial charge >= 0.3 is 0 Å². The van der Waals surface area contributed by atoms with Gasteiger partial charge in [0.1, 0.15) is 0 Å². The van der Waals surface area contributed by atoms with Crippen LogP contribution >= 0.6 is 34.4 Å². The minimum Gasteiger partial charge on any atom is -0.282 e. The minimum absolute atomic E-state index is 0.173. The Morgan fingerprint density at radius 3 is 2.85 bits per heavy atom. The second-order valence-electron chi connectivity index (χ2n) is 4.68.